The van der Waals surface area contributed by atoms with Crippen LogP contribution in [-0.4, -0.2) is 25.0 Å². The highest BCUT2D eigenvalue weighted by atomic mass is 19.2. The molecule has 2 aromatic carbocycles. The van der Waals surface area contributed by atoms with Crippen molar-refractivity contribution < 1.29 is 22.4 Å². The van der Waals surface area contributed by atoms with Gasteiger partial charge in [0.15, 0.2) is 11.6 Å². The smallest absolute Gasteiger partial charge is 0.254 e. The average molecular weight is 366 g/mol. The summed E-state index contributed by atoms with van der Waals surface area (Å²) in [5, 5.41) is 5.84. The number of aryl methyl sites for hydroxylation is 1. The number of carbonyl (C=O) groups is 1. The lowest BCUT2D eigenvalue weighted by molar-refractivity contribution is 0.0920. The molecule has 0 saturated carbocycles. The Balaban J connectivity index is 1.83. The highest BCUT2D eigenvalue weighted by Gasteiger charge is 2.29. The molecule has 3 nitrogen and oxygen atoms in total. The lowest BCUT2D eigenvalue weighted by Gasteiger charge is -2.33. The van der Waals surface area contributed by atoms with Gasteiger partial charge in [0.1, 0.15) is 11.6 Å². The molecular weight excluding hydrogens is 348 g/mol. The van der Waals surface area contributed by atoms with E-state index in [9.17, 15) is 22.4 Å². The zero-order valence-electron chi connectivity index (χ0n) is 14.1. The summed E-state index contributed by atoms with van der Waals surface area (Å²) in [5.74, 6) is -4.48. The van der Waals surface area contributed by atoms with Crippen molar-refractivity contribution in [2.45, 2.75) is 25.3 Å². The Morgan fingerprint density at radius 1 is 1.04 bits per heavy atom. The summed E-state index contributed by atoms with van der Waals surface area (Å²) in [7, 11) is 0. The minimum Gasteiger partial charge on any atom is -0.347 e. The predicted molar refractivity (Wildman–Crippen MR) is 88.9 cm³/mol. The quantitative estimate of drug-likeness (QED) is 0.818. The Kier molecular flexibility index (Phi) is 5.27. The van der Waals surface area contributed by atoms with E-state index in [4.69, 9.17) is 0 Å². The van der Waals surface area contributed by atoms with E-state index in [1.807, 2.05) is 0 Å². The Morgan fingerprint density at radius 3 is 2.54 bits per heavy atom. The lowest BCUT2D eigenvalue weighted by Crippen LogP contribution is -2.50. The molecule has 0 radical (unpaired) electrons. The van der Waals surface area contributed by atoms with Crippen LogP contribution in [0.2, 0.25) is 0 Å². The second kappa shape index (κ2) is 7.45. The largest absolute Gasteiger partial charge is 0.347 e. The van der Waals surface area contributed by atoms with Gasteiger partial charge in [-0.1, -0.05) is 6.07 Å². The van der Waals surface area contributed by atoms with Gasteiger partial charge in [-0.2, -0.15) is 0 Å². The predicted octanol–water partition coefficient (Wildman–Crippen LogP) is 3.43. The number of carbonyl (C=O) groups excluding carboxylic acids is 1. The number of benzene rings is 2. The molecule has 0 bridgehead atoms. The topological polar surface area (TPSA) is 41.1 Å². The first-order chi connectivity index (χ1) is 12.4. The van der Waals surface area contributed by atoms with E-state index in [1.54, 1.807) is 0 Å². The van der Waals surface area contributed by atoms with Gasteiger partial charge in [-0.3, -0.25) is 4.79 Å². The first kappa shape index (κ1) is 18.4. The van der Waals surface area contributed by atoms with Crippen molar-refractivity contribution >= 4 is 5.91 Å². The van der Waals surface area contributed by atoms with Crippen molar-refractivity contribution in [2.75, 3.05) is 13.1 Å². The summed E-state index contributed by atoms with van der Waals surface area (Å²) < 4.78 is 54.1. The molecule has 0 aliphatic carbocycles. The molecule has 7 heteroatoms. The molecule has 3 rings (SSSR count). The van der Waals surface area contributed by atoms with Gasteiger partial charge in [0.2, 0.25) is 0 Å². The van der Waals surface area contributed by atoms with E-state index in [2.05, 4.69) is 10.6 Å². The monoisotopic (exact) mass is 366 g/mol. The molecule has 1 aliphatic heterocycles. The zero-order chi connectivity index (χ0) is 18.8. The number of rotatable bonds is 3. The Labute approximate surface area is 148 Å². The lowest BCUT2D eigenvalue weighted by atomic mass is 9.85. The summed E-state index contributed by atoms with van der Waals surface area (Å²) >= 11 is 0. The van der Waals surface area contributed by atoms with Gasteiger partial charge >= 0.3 is 0 Å². The number of hydrogen-bond donors (Lipinski definition) is 2. The number of piperidine rings is 1. The van der Waals surface area contributed by atoms with Crippen molar-refractivity contribution in [1.82, 2.24) is 10.6 Å². The fourth-order valence-electron chi connectivity index (χ4n) is 3.23. The van der Waals surface area contributed by atoms with Gasteiger partial charge in [0.05, 0.1) is 5.56 Å². The van der Waals surface area contributed by atoms with Crippen LogP contribution in [0, 0.1) is 30.2 Å². The summed E-state index contributed by atoms with van der Waals surface area (Å²) in [6, 6.07) is 5.04. The standard InChI is InChI=1S/C19H18F4N2O/c1-10-6-13(16(22)8-15(10)21)19(26)25-18-9-24-5-4-12(18)11-2-3-14(20)17(23)7-11/h2-3,6-8,12,18,24H,4-5,9H2,1H3,(H,25,26). The molecule has 2 atom stereocenters. The average Bonchev–Trinajstić information content (AvgIpc) is 2.61. The SMILES string of the molecule is Cc1cc(C(=O)NC2CNCCC2c2ccc(F)c(F)c2)c(F)cc1F. The van der Waals surface area contributed by atoms with E-state index in [-0.39, 0.29) is 17.0 Å². The molecule has 1 heterocycles. The van der Waals surface area contributed by atoms with Gasteiger partial charge in [0.25, 0.3) is 5.91 Å². The normalized spacial score (nSPS) is 20.0. The summed E-state index contributed by atoms with van der Waals surface area (Å²) in [6.07, 6.45) is 0.598. The summed E-state index contributed by atoms with van der Waals surface area (Å²) in [4.78, 5) is 12.5. The second-order valence-electron chi connectivity index (χ2n) is 6.43. The Hall–Kier alpha value is -2.41. The number of amides is 1. The van der Waals surface area contributed by atoms with E-state index in [0.29, 0.717) is 31.1 Å². The third-order valence-electron chi connectivity index (χ3n) is 4.66. The summed E-state index contributed by atoms with van der Waals surface area (Å²) in [6.45, 7) is 2.50. The zero-order valence-corrected chi connectivity index (χ0v) is 14.1. The third-order valence-corrected chi connectivity index (χ3v) is 4.66. The maximum Gasteiger partial charge on any atom is 0.254 e. The van der Waals surface area contributed by atoms with Crippen molar-refractivity contribution in [3.05, 3.63) is 70.3 Å². The molecular formula is C19H18F4N2O. The van der Waals surface area contributed by atoms with Gasteiger partial charge in [-0.05, 0) is 49.2 Å². The molecule has 0 spiro atoms. The minimum atomic E-state index is -0.952. The molecule has 0 aromatic heterocycles. The molecule has 1 fully saturated rings. The second-order valence-corrected chi connectivity index (χ2v) is 6.43. The summed E-state index contributed by atoms with van der Waals surface area (Å²) in [5.41, 5.74) is 0.473. The van der Waals surface area contributed by atoms with Crippen LogP contribution in [0.5, 0.6) is 0 Å². The molecule has 1 saturated heterocycles. The fourth-order valence-corrected chi connectivity index (χ4v) is 3.23. The molecule has 1 amide bonds. The van der Waals surface area contributed by atoms with Crippen LogP contribution in [0.15, 0.2) is 30.3 Å². The van der Waals surface area contributed by atoms with Crippen molar-refractivity contribution in [3.63, 3.8) is 0 Å². The van der Waals surface area contributed by atoms with Crippen molar-refractivity contribution in [1.29, 1.82) is 0 Å². The van der Waals surface area contributed by atoms with Crippen molar-refractivity contribution in [3.8, 4) is 0 Å². The van der Waals surface area contributed by atoms with Crippen LogP contribution in [0.1, 0.15) is 33.8 Å². The van der Waals surface area contributed by atoms with Gasteiger partial charge < -0.3 is 10.6 Å². The van der Waals surface area contributed by atoms with Gasteiger partial charge in [0, 0.05) is 24.6 Å². The molecule has 26 heavy (non-hydrogen) atoms. The van der Waals surface area contributed by atoms with Gasteiger partial charge in [-0.15, -0.1) is 0 Å². The minimum absolute atomic E-state index is 0.162. The van der Waals surface area contributed by atoms with E-state index in [0.717, 1.165) is 18.2 Å². The third kappa shape index (κ3) is 3.72. The maximum atomic E-state index is 13.9. The van der Waals surface area contributed by atoms with E-state index in [1.165, 1.54) is 13.0 Å². The first-order valence-electron chi connectivity index (χ1n) is 8.29. The Bertz CT molecular complexity index is 841. The Morgan fingerprint density at radius 2 is 1.81 bits per heavy atom. The van der Waals surface area contributed by atoms with Crippen LogP contribution in [0.25, 0.3) is 0 Å². The van der Waals surface area contributed by atoms with E-state index < -0.39 is 35.2 Å². The highest BCUT2D eigenvalue weighted by molar-refractivity contribution is 5.95. The van der Waals surface area contributed by atoms with E-state index >= 15 is 0 Å². The first-order valence-corrected chi connectivity index (χ1v) is 8.29. The van der Waals surface area contributed by atoms with Crippen molar-refractivity contribution in [2.24, 2.45) is 0 Å². The number of hydrogen-bond acceptors (Lipinski definition) is 2. The van der Waals surface area contributed by atoms with Gasteiger partial charge in [-0.25, -0.2) is 17.6 Å². The van der Waals surface area contributed by atoms with Crippen LogP contribution >= 0.6 is 0 Å². The van der Waals surface area contributed by atoms with Crippen LogP contribution in [0.4, 0.5) is 17.6 Å². The molecule has 2 aromatic rings. The number of nitrogens with one attached hydrogen (secondary N) is 2. The maximum absolute atomic E-state index is 13.9. The molecule has 1 aliphatic rings. The highest BCUT2D eigenvalue weighted by Crippen LogP contribution is 2.27. The van der Waals surface area contributed by atoms with Crippen LogP contribution in [0.3, 0.4) is 0 Å². The molecule has 2 unspecified atom stereocenters. The van der Waals surface area contributed by atoms with Crippen LogP contribution < -0.4 is 10.6 Å². The number of halogens is 4. The molecule has 2 N–H and O–H groups in total. The fraction of sp³-hybridized carbons (Fsp3) is 0.316. The van der Waals surface area contributed by atoms with Crippen LogP contribution in [-0.2, 0) is 0 Å². The molecule has 138 valence electrons.